The van der Waals surface area contributed by atoms with Gasteiger partial charge in [0, 0.05) is 13.1 Å². The number of nitrogens with zero attached hydrogens (tertiary/aromatic N) is 1. The van der Waals surface area contributed by atoms with Crippen molar-refractivity contribution in [3.63, 3.8) is 0 Å². The van der Waals surface area contributed by atoms with Gasteiger partial charge in [-0.05, 0) is 32.4 Å². The molecule has 5 heteroatoms. The minimum atomic E-state index is -3.25. The fourth-order valence-electron chi connectivity index (χ4n) is 1.45. The first-order valence-corrected chi connectivity index (χ1v) is 7.28. The van der Waals surface area contributed by atoms with Gasteiger partial charge in [-0.15, -0.1) is 0 Å². The highest BCUT2D eigenvalue weighted by molar-refractivity contribution is 7.92. The van der Waals surface area contributed by atoms with E-state index in [1.807, 2.05) is 32.9 Å². The Labute approximate surface area is 103 Å². The van der Waals surface area contributed by atoms with Crippen molar-refractivity contribution in [1.82, 2.24) is 0 Å². The third kappa shape index (κ3) is 3.63. The Kier molecular flexibility index (Phi) is 4.03. The van der Waals surface area contributed by atoms with E-state index in [1.54, 1.807) is 6.07 Å². The predicted molar refractivity (Wildman–Crippen MR) is 70.2 cm³/mol. The van der Waals surface area contributed by atoms with Gasteiger partial charge in [-0.1, -0.05) is 6.07 Å². The fourth-order valence-corrected chi connectivity index (χ4v) is 2.01. The molecular weight excluding hydrogens is 238 g/mol. The van der Waals surface area contributed by atoms with Crippen LogP contribution in [0.3, 0.4) is 0 Å². The molecule has 0 amide bonds. The van der Waals surface area contributed by atoms with E-state index >= 15 is 0 Å². The fraction of sp³-hybridized carbons (Fsp3) is 0.500. The van der Waals surface area contributed by atoms with Gasteiger partial charge in [0.15, 0.2) is 0 Å². The average molecular weight is 257 g/mol. The van der Waals surface area contributed by atoms with E-state index in [1.165, 1.54) is 17.6 Å². The molecule has 0 N–H and O–H groups in total. The van der Waals surface area contributed by atoms with Gasteiger partial charge in [0.05, 0.1) is 18.0 Å². The second kappa shape index (κ2) is 4.96. The van der Waals surface area contributed by atoms with Crippen molar-refractivity contribution in [3.8, 4) is 5.75 Å². The van der Waals surface area contributed by atoms with Crippen molar-refractivity contribution in [2.24, 2.45) is 0 Å². The molecule has 1 aromatic carbocycles. The summed E-state index contributed by atoms with van der Waals surface area (Å²) in [6, 6.07) is 5.44. The maximum Gasteiger partial charge on any atom is 0.232 e. The van der Waals surface area contributed by atoms with Crippen molar-refractivity contribution < 1.29 is 13.2 Å². The highest BCUT2D eigenvalue weighted by atomic mass is 32.2. The molecule has 4 nitrogen and oxygen atoms in total. The maximum atomic E-state index is 11.5. The first-order valence-electron chi connectivity index (χ1n) is 5.43. The van der Waals surface area contributed by atoms with E-state index in [4.69, 9.17) is 4.74 Å². The number of rotatable bonds is 4. The predicted octanol–water partition coefficient (Wildman–Crippen LogP) is 2.18. The molecule has 0 unspecified atom stereocenters. The van der Waals surface area contributed by atoms with Crippen LogP contribution >= 0.6 is 0 Å². The SMILES string of the molecule is Cc1ccc(OC(C)C)cc1N(C)S(C)(=O)=O. The molecule has 0 aliphatic carbocycles. The summed E-state index contributed by atoms with van der Waals surface area (Å²) in [5, 5.41) is 0. The number of benzene rings is 1. The topological polar surface area (TPSA) is 46.6 Å². The molecule has 1 aromatic rings. The number of hydrogen-bond donors (Lipinski definition) is 0. The van der Waals surface area contributed by atoms with Crippen LogP contribution in [0.4, 0.5) is 5.69 Å². The Bertz CT molecular complexity index is 494. The lowest BCUT2D eigenvalue weighted by Gasteiger charge is -2.20. The van der Waals surface area contributed by atoms with E-state index in [0.717, 1.165) is 5.56 Å². The van der Waals surface area contributed by atoms with Crippen molar-refractivity contribution in [1.29, 1.82) is 0 Å². The first-order chi connectivity index (χ1) is 7.71. The Morgan fingerprint density at radius 3 is 2.35 bits per heavy atom. The summed E-state index contributed by atoms with van der Waals surface area (Å²) in [5.41, 5.74) is 1.54. The van der Waals surface area contributed by atoms with Crippen molar-refractivity contribution in [3.05, 3.63) is 23.8 Å². The summed E-state index contributed by atoms with van der Waals surface area (Å²) in [5.74, 6) is 0.677. The Balaban J connectivity index is 3.15. The second-order valence-electron chi connectivity index (χ2n) is 4.35. The number of ether oxygens (including phenoxy) is 1. The Morgan fingerprint density at radius 1 is 1.29 bits per heavy atom. The molecule has 96 valence electrons. The quantitative estimate of drug-likeness (QED) is 0.830. The van der Waals surface area contributed by atoms with Crippen molar-refractivity contribution in [2.45, 2.75) is 26.9 Å². The van der Waals surface area contributed by atoms with Crippen LogP contribution in [0.25, 0.3) is 0 Å². The summed E-state index contributed by atoms with van der Waals surface area (Å²) in [7, 11) is -1.71. The lowest BCUT2D eigenvalue weighted by molar-refractivity contribution is 0.242. The minimum Gasteiger partial charge on any atom is -0.491 e. The molecule has 0 bridgehead atoms. The number of anilines is 1. The van der Waals surface area contributed by atoms with Crippen LogP contribution in [0.2, 0.25) is 0 Å². The highest BCUT2D eigenvalue weighted by Crippen LogP contribution is 2.26. The van der Waals surface area contributed by atoms with Gasteiger partial charge in [0.1, 0.15) is 5.75 Å². The lowest BCUT2D eigenvalue weighted by Crippen LogP contribution is -2.25. The maximum absolute atomic E-state index is 11.5. The number of hydrogen-bond acceptors (Lipinski definition) is 3. The smallest absolute Gasteiger partial charge is 0.232 e. The molecule has 0 aliphatic heterocycles. The third-order valence-corrected chi connectivity index (χ3v) is 3.58. The van der Waals surface area contributed by atoms with Gasteiger partial charge in [-0.3, -0.25) is 4.31 Å². The van der Waals surface area contributed by atoms with Crippen LogP contribution in [0.15, 0.2) is 18.2 Å². The molecule has 0 spiro atoms. The number of sulfonamides is 1. The first kappa shape index (κ1) is 13.8. The highest BCUT2D eigenvalue weighted by Gasteiger charge is 2.15. The molecule has 17 heavy (non-hydrogen) atoms. The van der Waals surface area contributed by atoms with E-state index < -0.39 is 10.0 Å². The lowest BCUT2D eigenvalue weighted by atomic mass is 10.2. The Hall–Kier alpha value is -1.23. The summed E-state index contributed by atoms with van der Waals surface area (Å²) in [6.07, 6.45) is 1.25. The summed E-state index contributed by atoms with van der Waals surface area (Å²) in [6.45, 7) is 5.73. The van der Waals surface area contributed by atoms with Gasteiger partial charge in [0.25, 0.3) is 0 Å². The molecule has 0 aromatic heterocycles. The van der Waals surface area contributed by atoms with Crippen LogP contribution in [-0.2, 0) is 10.0 Å². The zero-order valence-corrected chi connectivity index (χ0v) is 11.7. The second-order valence-corrected chi connectivity index (χ2v) is 6.36. The molecule has 0 saturated carbocycles. The van der Waals surface area contributed by atoms with Gasteiger partial charge >= 0.3 is 0 Å². The van der Waals surface area contributed by atoms with E-state index in [2.05, 4.69) is 0 Å². The standard InChI is InChI=1S/C12H19NO3S/c1-9(2)16-11-7-6-10(3)12(8-11)13(4)17(5,14)15/h6-9H,1-5H3. The van der Waals surface area contributed by atoms with Crippen molar-refractivity contribution in [2.75, 3.05) is 17.6 Å². The van der Waals surface area contributed by atoms with E-state index in [0.29, 0.717) is 11.4 Å². The van der Waals surface area contributed by atoms with Crippen molar-refractivity contribution >= 4 is 15.7 Å². The number of aryl methyl sites for hydroxylation is 1. The van der Waals surface area contributed by atoms with Gasteiger partial charge in [-0.2, -0.15) is 0 Å². The van der Waals surface area contributed by atoms with Gasteiger partial charge < -0.3 is 4.74 Å². The largest absolute Gasteiger partial charge is 0.491 e. The molecule has 1 rings (SSSR count). The molecule has 0 fully saturated rings. The van der Waals surface area contributed by atoms with Crippen LogP contribution in [0.5, 0.6) is 5.75 Å². The minimum absolute atomic E-state index is 0.0640. The van der Waals surface area contributed by atoms with Crippen LogP contribution in [0.1, 0.15) is 19.4 Å². The molecule has 0 heterocycles. The van der Waals surface area contributed by atoms with Crippen LogP contribution < -0.4 is 9.04 Å². The zero-order valence-electron chi connectivity index (χ0n) is 10.9. The summed E-state index contributed by atoms with van der Waals surface area (Å²) in [4.78, 5) is 0. The average Bonchev–Trinajstić information content (AvgIpc) is 2.18. The Morgan fingerprint density at radius 2 is 1.88 bits per heavy atom. The summed E-state index contributed by atoms with van der Waals surface area (Å²) < 4.78 is 29.8. The summed E-state index contributed by atoms with van der Waals surface area (Å²) >= 11 is 0. The van der Waals surface area contributed by atoms with Crippen LogP contribution in [-0.4, -0.2) is 27.8 Å². The molecule has 0 radical (unpaired) electrons. The normalized spacial score (nSPS) is 11.6. The molecule has 0 atom stereocenters. The molecule has 0 aliphatic rings. The van der Waals surface area contributed by atoms with E-state index in [-0.39, 0.29) is 6.10 Å². The van der Waals surface area contributed by atoms with E-state index in [9.17, 15) is 8.42 Å². The third-order valence-electron chi connectivity index (χ3n) is 2.39. The van der Waals surface area contributed by atoms with Gasteiger partial charge in [-0.25, -0.2) is 8.42 Å². The zero-order chi connectivity index (χ0) is 13.2. The van der Waals surface area contributed by atoms with Crippen LogP contribution in [0, 0.1) is 6.92 Å². The van der Waals surface area contributed by atoms with Gasteiger partial charge in [0.2, 0.25) is 10.0 Å². The monoisotopic (exact) mass is 257 g/mol. The molecular formula is C12H19NO3S. The molecule has 0 saturated heterocycles.